The van der Waals surface area contributed by atoms with Gasteiger partial charge in [0.05, 0.1) is 0 Å². The number of halogens is 3. The minimum Gasteiger partial charge on any atom is -0.355 e. The molecule has 0 heterocycles. The molecule has 0 atom stereocenters. The van der Waals surface area contributed by atoms with Crippen LogP contribution in [0.5, 0.6) is 0 Å². The predicted molar refractivity (Wildman–Crippen MR) is 94.8 cm³/mol. The first-order valence-corrected chi connectivity index (χ1v) is 8.58. The van der Waals surface area contributed by atoms with Crippen molar-refractivity contribution in [2.75, 3.05) is 11.9 Å². The lowest BCUT2D eigenvalue weighted by Gasteiger charge is -2.15. The van der Waals surface area contributed by atoms with Crippen molar-refractivity contribution in [3.63, 3.8) is 0 Å². The van der Waals surface area contributed by atoms with Crippen LogP contribution in [0.1, 0.15) is 18.4 Å². The van der Waals surface area contributed by atoms with Crippen LogP contribution >= 0.6 is 11.6 Å². The van der Waals surface area contributed by atoms with Gasteiger partial charge in [-0.3, -0.25) is 9.59 Å². The van der Waals surface area contributed by atoms with Gasteiger partial charge in [-0.25, -0.2) is 8.78 Å². The molecule has 1 aliphatic rings. The first-order valence-electron chi connectivity index (χ1n) is 8.20. The molecule has 26 heavy (non-hydrogen) atoms. The third-order valence-corrected chi connectivity index (χ3v) is 4.62. The number of anilines is 1. The minimum atomic E-state index is -1.14. The summed E-state index contributed by atoms with van der Waals surface area (Å²) in [6.45, 7) is 0.374. The van der Waals surface area contributed by atoms with Crippen molar-refractivity contribution >= 4 is 29.1 Å². The fourth-order valence-corrected chi connectivity index (χ4v) is 2.90. The molecule has 1 saturated carbocycles. The van der Waals surface area contributed by atoms with Gasteiger partial charge in [-0.2, -0.15) is 0 Å². The van der Waals surface area contributed by atoms with Crippen molar-refractivity contribution in [1.29, 1.82) is 0 Å². The molecule has 0 saturated heterocycles. The van der Waals surface area contributed by atoms with Crippen LogP contribution in [0.15, 0.2) is 42.5 Å². The largest absolute Gasteiger partial charge is 0.355 e. The Morgan fingerprint density at radius 3 is 2.46 bits per heavy atom. The van der Waals surface area contributed by atoms with Gasteiger partial charge in [0.2, 0.25) is 11.8 Å². The monoisotopic (exact) mass is 378 g/mol. The topological polar surface area (TPSA) is 58.2 Å². The Bertz CT molecular complexity index is 853. The van der Waals surface area contributed by atoms with E-state index < -0.39 is 23.0 Å². The van der Waals surface area contributed by atoms with Gasteiger partial charge < -0.3 is 10.6 Å². The predicted octanol–water partition coefficient (Wildman–Crippen LogP) is 3.70. The number of nitrogens with one attached hydrogen (secondary N) is 2. The van der Waals surface area contributed by atoms with Gasteiger partial charge in [-0.1, -0.05) is 23.7 Å². The summed E-state index contributed by atoms with van der Waals surface area (Å²) >= 11 is 5.92. The van der Waals surface area contributed by atoms with E-state index in [0.29, 0.717) is 30.8 Å². The lowest BCUT2D eigenvalue weighted by atomic mass is 10.0. The van der Waals surface area contributed by atoms with E-state index in [9.17, 15) is 18.4 Å². The Kier molecular flexibility index (Phi) is 5.23. The minimum absolute atomic E-state index is 0.118. The number of benzene rings is 2. The molecular formula is C19H17ClF2N2O2. The lowest BCUT2D eigenvalue weighted by Crippen LogP contribution is -2.40. The maximum absolute atomic E-state index is 13.2. The van der Waals surface area contributed by atoms with Crippen molar-refractivity contribution < 1.29 is 18.4 Å². The third-order valence-electron chi connectivity index (χ3n) is 4.39. The second kappa shape index (κ2) is 7.41. The smallest absolute Gasteiger partial charge is 0.240 e. The zero-order valence-corrected chi connectivity index (χ0v) is 14.6. The summed E-state index contributed by atoms with van der Waals surface area (Å²) < 4.78 is 26.2. The molecule has 2 aromatic rings. The second-order valence-corrected chi connectivity index (χ2v) is 6.74. The van der Waals surface area contributed by atoms with Crippen LogP contribution in [-0.2, 0) is 16.0 Å². The molecule has 7 heteroatoms. The standard InChI is InChI=1S/C19H17ClF2N2O2/c20-13-3-1-2-12(10-13)6-9-23-17(25)19(7-8-19)18(26)24-14-4-5-15(21)16(22)11-14/h1-5,10-11H,6-9H2,(H,23,25)(H,24,26). The van der Waals surface area contributed by atoms with Crippen molar-refractivity contribution in [3.05, 3.63) is 64.7 Å². The van der Waals surface area contributed by atoms with Gasteiger partial charge in [-0.05, 0) is 49.1 Å². The second-order valence-electron chi connectivity index (χ2n) is 6.30. The van der Waals surface area contributed by atoms with E-state index in [2.05, 4.69) is 10.6 Å². The van der Waals surface area contributed by atoms with Crippen molar-refractivity contribution in [2.24, 2.45) is 5.41 Å². The summed E-state index contributed by atoms with van der Waals surface area (Å²) in [6, 6.07) is 10.4. The maximum atomic E-state index is 13.2. The van der Waals surface area contributed by atoms with Crippen LogP contribution in [0.25, 0.3) is 0 Å². The first kappa shape index (κ1) is 18.3. The molecule has 0 spiro atoms. The zero-order chi connectivity index (χ0) is 18.7. The SMILES string of the molecule is O=C(NCCc1cccc(Cl)c1)C1(C(=O)Nc2ccc(F)c(F)c2)CC1. The van der Waals surface area contributed by atoms with Gasteiger partial charge in [0, 0.05) is 23.3 Å². The van der Waals surface area contributed by atoms with Crippen molar-refractivity contribution in [1.82, 2.24) is 5.32 Å². The van der Waals surface area contributed by atoms with Gasteiger partial charge in [0.15, 0.2) is 11.6 Å². The van der Waals surface area contributed by atoms with E-state index in [0.717, 1.165) is 17.7 Å². The van der Waals surface area contributed by atoms with E-state index in [1.165, 1.54) is 6.07 Å². The summed E-state index contributed by atoms with van der Waals surface area (Å²) in [4.78, 5) is 24.8. The summed E-state index contributed by atoms with van der Waals surface area (Å²) in [5, 5.41) is 5.87. The molecule has 1 aliphatic carbocycles. The molecule has 3 rings (SSSR count). The quantitative estimate of drug-likeness (QED) is 0.753. The average Bonchev–Trinajstić information content (AvgIpc) is 3.40. The van der Waals surface area contributed by atoms with Gasteiger partial charge >= 0.3 is 0 Å². The number of carbonyl (C=O) groups is 2. The van der Waals surface area contributed by atoms with E-state index in [-0.39, 0.29) is 11.6 Å². The fourth-order valence-electron chi connectivity index (χ4n) is 2.69. The highest BCUT2D eigenvalue weighted by molar-refractivity contribution is 6.30. The van der Waals surface area contributed by atoms with Crippen LogP contribution < -0.4 is 10.6 Å². The third kappa shape index (κ3) is 4.02. The molecule has 2 N–H and O–H groups in total. The van der Waals surface area contributed by atoms with Crippen LogP contribution in [-0.4, -0.2) is 18.4 Å². The maximum Gasteiger partial charge on any atom is 0.240 e. The first-order chi connectivity index (χ1) is 12.4. The highest BCUT2D eigenvalue weighted by Gasteiger charge is 2.56. The molecule has 0 radical (unpaired) electrons. The zero-order valence-electron chi connectivity index (χ0n) is 13.8. The Hall–Kier alpha value is -2.47. The summed E-state index contributed by atoms with van der Waals surface area (Å²) in [5.41, 5.74) is -0.0417. The Morgan fingerprint density at radius 2 is 1.81 bits per heavy atom. The summed E-state index contributed by atoms with van der Waals surface area (Å²) in [7, 11) is 0. The number of hydrogen-bond acceptors (Lipinski definition) is 2. The van der Waals surface area contributed by atoms with Crippen LogP contribution in [0.3, 0.4) is 0 Å². The molecule has 136 valence electrons. The van der Waals surface area contributed by atoms with Gasteiger partial charge in [-0.15, -0.1) is 0 Å². The molecule has 0 unspecified atom stereocenters. The summed E-state index contributed by atoms with van der Waals surface area (Å²) in [5.74, 6) is -2.93. The van der Waals surface area contributed by atoms with Crippen LogP contribution in [0, 0.1) is 17.0 Å². The Morgan fingerprint density at radius 1 is 1.04 bits per heavy atom. The van der Waals surface area contributed by atoms with Crippen molar-refractivity contribution in [2.45, 2.75) is 19.3 Å². The molecule has 4 nitrogen and oxygen atoms in total. The van der Waals surface area contributed by atoms with Crippen LogP contribution in [0.4, 0.5) is 14.5 Å². The van der Waals surface area contributed by atoms with Crippen molar-refractivity contribution in [3.8, 4) is 0 Å². The van der Waals surface area contributed by atoms with Crippen LogP contribution in [0.2, 0.25) is 5.02 Å². The lowest BCUT2D eigenvalue weighted by molar-refractivity contribution is -0.134. The molecular weight excluding hydrogens is 362 g/mol. The van der Waals surface area contributed by atoms with E-state index >= 15 is 0 Å². The molecule has 0 aliphatic heterocycles. The molecule has 0 aromatic heterocycles. The van der Waals surface area contributed by atoms with E-state index in [4.69, 9.17) is 11.6 Å². The molecule has 2 aromatic carbocycles. The Labute approximate surface area is 154 Å². The molecule has 1 fully saturated rings. The fraction of sp³-hybridized carbons (Fsp3) is 0.263. The number of amides is 2. The normalized spacial score (nSPS) is 14.6. The average molecular weight is 379 g/mol. The van der Waals surface area contributed by atoms with Gasteiger partial charge in [0.1, 0.15) is 5.41 Å². The van der Waals surface area contributed by atoms with E-state index in [1.54, 1.807) is 6.07 Å². The number of carbonyl (C=O) groups excluding carboxylic acids is 2. The molecule has 0 bridgehead atoms. The molecule has 2 amide bonds. The number of hydrogen-bond donors (Lipinski definition) is 2. The van der Waals surface area contributed by atoms with Gasteiger partial charge in [0.25, 0.3) is 0 Å². The van der Waals surface area contributed by atoms with E-state index in [1.807, 2.05) is 18.2 Å². The Balaban J connectivity index is 1.56. The highest BCUT2D eigenvalue weighted by Crippen LogP contribution is 2.46. The summed E-state index contributed by atoms with van der Waals surface area (Å²) in [6.07, 6.45) is 1.43. The highest BCUT2D eigenvalue weighted by atomic mass is 35.5. The number of rotatable bonds is 6.